The first-order valence-corrected chi connectivity index (χ1v) is 8.86. The molecule has 1 rings (SSSR count). The molecule has 1 saturated heterocycles. The van der Waals surface area contributed by atoms with Crippen molar-refractivity contribution in [2.24, 2.45) is 5.92 Å². The third kappa shape index (κ3) is 5.43. The first-order valence-electron chi connectivity index (χ1n) is 6.72. The molecule has 0 aromatic carbocycles. The van der Waals surface area contributed by atoms with Crippen LogP contribution in [0, 0.1) is 5.92 Å². The lowest BCUT2D eigenvalue weighted by atomic mass is 10.2. The summed E-state index contributed by atoms with van der Waals surface area (Å²) >= 11 is 5.57. The van der Waals surface area contributed by atoms with Crippen LogP contribution in [-0.2, 0) is 10.0 Å². The zero-order chi connectivity index (χ0) is 13.6. The Morgan fingerprint density at radius 1 is 1.11 bits per heavy atom. The minimum Gasteiger partial charge on any atom is -0.300 e. The number of alkyl halides is 1. The van der Waals surface area contributed by atoms with E-state index in [2.05, 4.69) is 18.7 Å². The molecule has 0 amide bonds. The van der Waals surface area contributed by atoms with E-state index < -0.39 is 10.0 Å². The van der Waals surface area contributed by atoms with Gasteiger partial charge in [0.25, 0.3) is 0 Å². The van der Waals surface area contributed by atoms with Crippen LogP contribution < -0.4 is 0 Å². The van der Waals surface area contributed by atoms with Gasteiger partial charge < -0.3 is 4.90 Å². The fraction of sp³-hybridized carbons (Fsp3) is 1.00. The SMILES string of the molecule is CC(C)CN1CCN(S(=O)(=O)CCCCCl)CC1. The first kappa shape index (κ1) is 16.2. The van der Waals surface area contributed by atoms with Crippen LogP contribution in [-0.4, -0.2) is 62.0 Å². The summed E-state index contributed by atoms with van der Waals surface area (Å²) in [6.07, 6.45) is 1.44. The zero-order valence-corrected chi connectivity index (χ0v) is 13.0. The lowest BCUT2D eigenvalue weighted by molar-refractivity contribution is 0.172. The van der Waals surface area contributed by atoms with E-state index in [0.29, 0.717) is 31.3 Å². The van der Waals surface area contributed by atoms with Crippen LogP contribution in [0.5, 0.6) is 0 Å². The highest BCUT2D eigenvalue weighted by Crippen LogP contribution is 2.11. The molecule has 0 radical (unpaired) electrons. The van der Waals surface area contributed by atoms with E-state index in [1.807, 2.05) is 0 Å². The molecule has 108 valence electrons. The Labute approximate surface area is 116 Å². The highest BCUT2D eigenvalue weighted by atomic mass is 35.5. The number of hydrogen-bond acceptors (Lipinski definition) is 3. The number of piperazine rings is 1. The molecule has 1 aliphatic heterocycles. The predicted molar refractivity (Wildman–Crippen MR) is 76.6 cm³/mol. The van der Waals surface area contributed by atoms with E-state index >= 15 is 0 Å². The van der Waals surface area contributed by atoms with Gasteiger partial charge in [-0.2, -0.15) is 4.31 Å². The summed E-state index contributed by atoms with van der Waals surface area (Å²) in [7, 11) is -3.06. The molecule has 4 nitrogen and oxygen atoms in total. The molecule has 18 heavy (non-hydrogen) atoms. The normalized spacial score (nSPS) is 19.6. The largest absolute Gasteiger partial charge is 0.300 e. The van der Waals surface area contributed by atoms with Gasteiger partial charge in [0.15, 0.2) is 0 Å². The molecule has 0 aliphatic carbocycles. The average molecular weight is 297 g/mol. The van der Waals surface area contributed by atoms with Gasteiger partial charge in [-0.25, -0.2) is 8.42 Å². The van der Waals surface area contributed by atoms with Gasteiger partial charge in [0.2, 0.25) is 10.0 Å². The lowest BCUT2D eigenvalue weighted by Gasteiger charge is -2.34. The van der Waals surface area contributed by atoms with E-state index in [0.717, 1.165) is 26.1 Å². The van der Waals surface area contributed by atoms with Crippen molar-refractivity contribution in [3.63, 3.8) is 0 Å². The summed E-state index contributed by atoms with van der Waals surface area (Å²) in [5.41, 5.74) is 0. The Morgan fingerprint density at radius 2 is 1.72 bits per heavy atom. The maximum atomic E-state index is 12.1. The Morgan fingerprint density at radius 3 is 2.22 bits per heavy atom. The van der Waals surface area contributed by atoms with Crippen molar-refractivity contribution in [2.45, 2.75) is 26.7 Å². The molecular weight excluding hydrogens is 272 g/mol. The molecule has 1 heterocycles. The van der Waals surface area contributed by atoms with Crippen molar-refractivity contribution in [2.75, 3.05) is 44.4 Å². The van der Waals surface area contributed by atoms with Gasteiger partial charge in [-0.05, 0) is 18.8 Å². The van der Waals surface area contributed by atoms with Gasteiger partial charge >= 0.3 is 0 Å². The standard InChI is InChI=1S/C12H25ClN2O2S/c1-12(2)11-14-6-8-15(9-7-14)18(16,17)10-4-3-5-13/h12H,3-11H2,1-2H3. The molecule has 0 atom stereocenters. The fourth-order valence-corrected chi connectivity index (χ4v) is 3.95. The van der Waals surface area contributed by atoms with Crippen LogP contribution in [0.1, 0.15) is 26.7 Å². The van der Waals surface area contributed by atoms with Gasteiger partial charge in [-0.15, -0.1) is 11.6 Å². The first-order chi connectivity index (χ1) is 8.45. The van der Waals surface area contributed by atoms with Crippen LogP contribution in [0.15, 0.2) is 0 Å². The molecule has 1 fully saturated rings. The van der Waals surface area contributed by atoms with Crippen molar-refractivity contribution < 1.29 is 8.42 Å². The minimum atomic E-state index is -3.06. The van der Waals surface area contributed by atoms with Gasteiger partial charge in [0.1, 0.15) is 0 Å². The number of unbranched alkanes of at least 4 members (excludes halogenated alkanes) is 1. The second kappa shape index (κ2) is 7.68. The fourth-order valence-electron chi connectivity index (χ4n) is 2.21. The van der Waals surface area contributed by atoms with Crippen LogP contribution in [0.3, 0.4) is 0 Å². The van der Waals surface area contributed by atoms with E-state index in [9.17, 15) is 8.42 Å². The molecule has 0 spiro atoms. The maximum Gasteiger partial charge on any atom is 0.214 e. The van der Waals surface area contributed by atoms with Gasteiger partial charge in [-0.3, -0.25) is 0 Å². The molecule has 0 aromatic rings. The topological polar surface area (TPSA) is 40.6 Å². The summed E-state index contributed by atoms with van der Waals surface area (Å²) in [6, 6.07) is 0. The zero-order valence-electron chi connectivity index (χ0n) is 11.4. The molecule has 0 aromatic heterocycles. The van der Waals surface area contributed by atoms with Gasteiger partial charge in [0, 0.05) is 38.6 Å². The second-order valence-corrected chi connectivity index (χ2v) is 7.77. The Kier molecular flexibility index (Phi) is 6.92. The van der Waals surface area contributed by atoms with Gasteiger partial charge in [-0.1, -0.05) is 13.8 Å². The van der Waals surface area contributed by atoms with E-state index in [-0.39, 0.29) is 5.75 Å². The molecule has 6 heteroatoms. The number of sulfonamides is 1. The van der Waals surface area contributed by atoms with Gasteiger partial charge in [0.05, 0.1) is 5.75 Å². The Hall–Kier alpha value is 0.160. The van der Waals surface area contributed by atoms with E-state index in [1.54, 1.807) is 4.31 Å². The average Bonchev–Trinajstić information content (AvgIpc) is 2.29. The number of nitrogens with zero attached hydrogens (tertiary/aromatic N) is 2. The molecule has 0 bridgehead atoms. The van der Waals surface area contributed by atoms with Crippen LogP contribution in [0.2, 0.25) is 0 Å². The third-order valence-corrected chi connectivity index (χ3v) is 5.36. The number of rotatable bonds is 7. The summed E-state index contributed by atoms with van der Waals surface area (Å²) in [4.78, 5) is 2.34. The quantitative estimate of drug-likeness (QED) is 0.529. The maximum absolute atomic E-state index is 12.1. The number of hydrogen-bond donors (Lipinski definition) is 0. The summed E-state index contributed by atoms with van der Waals surface area (Å²) < 4.78 is 25.7. The van der Waals surface area contributed by atoms with Crippen LogP contribution in [0.25, 0.3) is 0 Å². The van der Waals surface area contributed by atoms with Crippen molar-refractivity contribution in [3.8, 4) is 0 Å². The van der Waals surface area contributed by atoms with Crippen molar-refractivity contribution in [3.05, 3.63) is 0 Å². The summed E-state index contributed by atoms with van der Waals surface area (Å²) in [5.74, 6) is 1.42. The third-order valence-electron chi connectivity index (χ3n) is 3.13. The highest BCUT2D eigenvalue weighted by Gasteiger charge is 2.26. The lowest BCUT2D eigenvalue weighted by Crippen LogP contribution is -2.49. The summed E-state index contributed by atoms with van der Waals surface area (Å²) in [6.45, 7) is 8.41. The molecular formula is C12H25ClN2O2S. The highest BCUT2D eigenvalue weighted by molar-refractivity contribution is 7.89. The van der Waals surface area contributed by atoms with E-state index in [4.69, 9.17) is 11.6 Å². The second-order valence-electron chi connectivity index (χ2n) is 5.31. The van der Waals surface area contributed by atoms with Crippen molar-refractivity contribution in [1.29, 1.82) is 0 Å². The Bertz CT molecular complexity index is 325. The van der Waals surface area contributed by atoms with E-state index in [1.165, 1.54) is 0 Å². The van der Waals surface area contributed by atoms with Crippen LogP contribution in [0.4, 0.5) is 0 Å². The van der Waals surface area contributed by atoms with Crippen molar-refractivity contribution in [1.82, 2.24) is 9.21 Å². The van der Waals surface area contributed by atoms with Crippen molar-refractivity contribution >= 4 is 21.6 Å². The molecule has 0 N–H and O–H groups in total. The minimum absolute atomic E-state index is 0.240. The summed E-state index contributed by atoms with van der Waals surface area (Å²) in [5, 5.41) is 0. The predicted octanol–water partition coefficient (Wildman–Crippen LogP) is 1.61. The monoisotopic (exact) mass is 296 g/mol. The molecule has 1 aliphatic rings. The van der Waals surface area contributed by atoms with Crippen LogP contribution >= 0.6 is 11.6 Å². The Balaban J connectivity index is 2.37. The smallest absolute Gasteiger partial charge is 0.214 e. The molecule has 0 saturated carbocycles. The molecule has 0 unspecified atom stereocenters. The number of halogens is 1.